The molecule has 1 aromatic heterocycles. The van der Waals surface area contributed by atoms with Crippen LogP contribution < -0.4 is 10.6 Å². The van der Waals surface area contributed by atoms with Gasteiger partial charge in [0.15, 0.2) is 0 Å². The van der Waals surface area contributed by atoms with Crippen molar-refractivity contribution in [1.29, 1.82) is 0 Å². The number of benzene rings is 1. The Kier molecular flexibility index (Phi) is 5.22. The summed E-state index contributed by atoms with van der Waals surface area (Å²) in [5.41, 5.74) is 0.270. The van der Waals surface area contributed by atoms with Gasteiger partial charge in [0.25, 0.3) is 0 Å². The van der Waals surface area contributed by atoms with Crippen molar-refractivity contribution in [2.45, 2.75) is 12.5 Å². The summed E-state index contributed by atoms with van der Waals surface area (Å²) in [6.45, 7) is 2.24. The maximum absolute atomic E-state index is 11.9. The molecule has 21 heavy (non-hydrogen) atoms. The molecule has 0 fully saturated rings. The van der Waals surface area contributed by atoms with Crippen molar-refractivity contribution in [3.8, 4) is 0 Å². The lowest BCUT2D eigenvalue weighted by Gasteiger charge is -2.29. The lowest BCUT2D eigenvalue weighted by molar-refractivity contribution is 0.00521. The van der Waals surface area contributed by atoms with Crippen LogP contribution in [-0.2, 0) is 10.3 Å². The van der Waals surface area contributed by atoms with Crippen LogP contribution in [-0.4, -0.2) is 19.7 Å². The monoisotopic (exact) mass is 324 g/mol. The van der Waals surface area contributed by atoms with Gasteiger partial charge in [-0.25, -0.2) is 4.79 Å². The smallest absolute Gasteiger partial charge is 0.319 e. The van der Waals surface area contributed by atoms with Crippen LogP contribution in [0.4, 0.5) is 9.80 Å². The molecular weight excluding hydrogens is 308 g/mol. The molecule has 6 heteroatoms. The second kappa shape index (κ2) is 6.93. The first kappa shape index (κ1) is 15.8. The molecule has 2 N–H and O–H groups in total. The van der Waals surface area contributed by atoms with Crippen LogP contribution in [0.5, 0.6) is 0 Å². The number of methoxy groups -OCH3 is 1. The highest BCUT2D eigenvalue weighted by molar-refractivity contribution is 7.14. The van der Waals surface area contributed by atoms with E-state index >= 15 is 0 Å². The first-order chi connectivity index (χ1) is 10.0. The number of thiophene rings is 1. The number of nitrogens with one attached hydrogen (secondary N) is 2. The minimum absolute atomic E-state index is 0.261. The van der Waals surface area contributed by atoms with Gasteiger partial charge in [-0.05, 0) is 42.1 Å². The van der Waals surface area contributed by atoms with Gasteiger partial charge in [0, 0.05) is 12.1 Å². The average Bonchev–Trinajstić information content (AvgIpc) is 2.97. The summed E-state index contributed by atoms with van der Waals surface area (Å²) in [4.78, 5) is 11.9. The van der Waals surface area contributed by atoms with Crippen molar-refractivity contribution in [1.82, 2.24) is 5.32 Å². The molecular formula is C15H17ClN2O2S. The maximum atomic E-state index is 11.9. The fourth-order valence-corrected chi connectivity index (χ4v) is 2.67. The lowest BCUT2D eigenvalue weighted by Crippen LogP contribution is -2.41. The molecule has 0 bridgehead atoms. The molecule has 0 unspecified atom stereocenters. The summed E-state index contributed by atoms with van der Waals surface area (Å²) in [7, 11) is 1.61. The summed E-state index contributed by atoms with van der Waals surface area (Å²) in [6.07, 6.45) is 0. The molecule has 2 rings (SSSR count). The summed E-state index contributed by atoms with van der Waals surface area (Å²) in [5, 5.41) is 8.93. The number of rotatable bonds is 5. The van der Waals surface area contributed by atoms with E-state index in [1.807, 2.05) is 42.6 Å². The second-order valence-corrected chi connectivity index (χ2v) is 6.11. The minimum Gasteiger partial charge on any atom is -0.372 e. The Bertz CT molecular complexity index is 603. The number of carbonyl (C=O) groups is 1. The molecule has 0 spiro atoms. The zero-order valence-corrected chi connectivity index (χ0v) is 13.4. The van der Waals surface area contributed by atoms with Gasteiger partial charge in [-0.3, -0.25) is 5.32 Å². The third-order valence-corrected chi connectivity index (χ3v) is 4.25. The Labute approximate surface area is 133 Å². The van der Waals surface area contributed by atoms with E-state index in [2.05, 4.69) is 10.6 Å². The molecule has 1 aromatic carbocycles. The normalized spacial score (nSPS) is 13.5. The van der Waals surface area contributed by atoms with Crippen molar-refractivity contribution in [2.75, 3.05) is 19.0 Å². The number of hydrogen-bond donors (Lipinski definition) is 2. The molecule has 0 aliphatic rings. The van der Waals surface area contributed by atoms with Crippen molar-refractivity contribution < 1.29 is 9.53 Å². The van der Waals surface area contributed by atoms with E-state index in [1.54, 1.807) is 13.2 Å². The molecule has 0 radical (unpaired) electrons. The molecule has 2 aromatic rings. The van der Waals surface area contributed by atoms with Crippen LogP contribution in [0.25, 0.3) is 0 Å². The van der Waals surface area contributed by atoms with Gasteiger partial charge in [-0.2, -0.15) is 0 Å². The second-order valence-electron chi connectivity index (χ2n) is 4.73. The number of amides is 2. The third kappa shape index (κ3) is 4.20. The molecule has 4 nitrogen and oxygen atoms in total. The molecule has 2 amide bonds. The Morgan fingerprint density at radius 2 is 2.19 bits per heavy atom. The van der Waals surface area contributed by atoms with Crippen LogP contribution in [0.2, 0.25) is 5.02 Å². The fourth-order valence-electron chi connectivity index (χ4n) is 1.86. The first-order valence-corrected chi connectivity index (χ1v) is 7.69. The number of carbonyl (C=O) groups excluding carboxylic acids is 1. The standard InChI is InChI=1S/C15H17ClN2O2S/c1-15(20-2,11-5-3-6-12(16)9-11)10-17-14(19)18-13-7-4-8-21-13/h3-9H,10H2,1-2H3,(H2,17,18,19)/t15-/m0/s1. The predicted octanol–water partition coefficient (Wildman–Crippen LogP) is 4.08. The molecule has 0 saturated heterocycles. The van der Waals surface area contributed by atoms with Crippen molar-refractivity contribution in [3.63, 3.8) is 0 Å². The molecule has 1 atom stereocenters. The van der Waals surface area contributed by atoms with Crippen molar-refractivity contribution in [3.05, 3.63) is 52.4 Å². The quantitative estimate of drug-likeness (QED) is 0.870. The van der Waals surface area contributed by atoms with Crippen LogP contribution in [0.1, 0.15) is 12.5 Å². The van der Waals surface area contributed by atoms with Crippen LogP contribution in [0, 0.1) is 0 Å². The van der Waals surface area contributed by atoms with Gasteiger partial charge >= 0.3 is 6.03 Å². The Balaban J connectivity index is 2.00. The number of ether oxygens (including phenoxy) is 1. The van der Waals surface area contributed by atoms with Crippen molar-refractivity contribution >= 4 is 34.0 Å². The van der Waals surface area contributed by atoms with Crippen LogP contribution >= 0.6 is 22.9 Å². The van der Waals surface area contributed by atoms with Gasteiger partial charge in [-0.15, -0.1) is 11.3 Å². The van der Waals surface area contributed by atoms with E-state index in [0.717, 1.165) is 10.6 Å². The number of halogens is 1. The number of urea groups is 1. The zero-order chi connectivity index (χ0) is 15.3. The zero-order valence-electron chi connectivity index (χ0n) is 11.9. The minimum atomic E-state index is -0.641. The molecule has 112 valence electrons. The third-order valence-electron chi connectivity index (χ3n) is 3.23. The molecule has 0 saturated carbocycles. The van der Waals surface area contributed by atoms with Crippen LogP contribution in [0.3, 0.4) is 0 Å². The number of hydrogen-bond acceptors (Lipinski definition) is 3. The fraction of sp³-hybridized carbons (Fsp3) is 0.267. The summed E-state index contributed by atoms with van der Waals surface area (Å²) in [6, 6.07) is 10.9. The van der Waals surface area contributed by atoms with E-state index < -0.39 is 5.60 Å². The highest BCUT2D eigenvalue weighted by atomic mass is 35.5. The highest BCUT2D eigenvalue weighted by Crippen LogP contribution is 2.26. The van der Waals surface area contributed by atoms with Gasteiger partial charge in [0.1, 0.15) is 5.60 Å². The maximum Gasteiger partial charge on any atom is 0.319 e. The van der Waals surface area contributed by atoms with E-state index in [1.165, 1.54) is 11.3 Å². The van der Waals surface area contributed by atoms with Gasteiger partial charge in [0.2, 0.25) is 0 Å². The van der Waals surface area contributed by atoms with Gasteiger partial charge in [0.05, 0.1) is 11.5 Å². The SMILES string of the molecule is CO[C@@](C)(CNC(=O)Nc1cccs1)c1cccc(Cl)c1. The Morgan fingerprint density at radius 3 is 2.81 bits per heavy atom. The Hall–Kier alpha value is -1.56. The van der Waals surface area contributed by atoms with Gasteiger partial charge < -0.3 is 10.1 Å². The number of anilines is 1. The van der Waals surface area contributed by atoms with E-state index in [4.69, 9.17) is 16.3 Å². The van der Waals surface area contributed by atoms with Crippen molar-refractivity contribution in [2.24, 2.45) is 0 Å². The molecule has 0 aliphatic heterocycles. The topological polar surface area (TPSA) is 50.4 Å². The van der Waals surface area contributed by atoms with Crippen LogP contribution in [0.15, 0.2) is 41.8 Å². The van der Waals surface area contributed by atoms with E-state index in [-0.39, 0.29) is 6.03 Å². The average molecular weight is 325 g/mol. The highest BCUT2D eigenvalue weighted by Gasteiger charge is 2.27. The first-order valence-electron chi connectivity index (χ1n) is 6.43. The van der Waals surface area contributed by atoms with E-state index in [0.29, 0.717) is 11.6 Å². The summed E-state index contributed by atoms with van der Waals surface area (Å²) >= 11 is 7.48. The largest absolute Gasteiger partial charge is 0.372 e. The predicted molar refractivity (Wildman–Crippen MR) is 87.2 cm³/mol. The molecule has 0 aliphatic carbocycles. The van der Waals surface area contributed by atoms with E-state index in [9.17, 15) is 4.79 Å². The summed E-state index contributed by atoms with van der Waals surface area (Å²) in [5.74, 6) is 0. The Morgan fingerprint density at radius 1 is 1.38 bits per heavy atom. The van der Waals surface area contributed by atoms with Gasteiger partial charge in [-0.1, -0.05) is 23.7 Å². The molecule has 1 heterocycles. The summed E-state index contributed by atoms with van der Waals surface area (Å²) < 4.78 is 5.57. The lowest BCUT2D eigenvalue weighted by atomic mass is 9.96.